The highest BCUT2D eigenvalue weighted by atomic mass is 32.1. The van der Waals surface area contributed by atoms with Crippen molar-refractivity contribution in [2.75, 3.05) is 6.54 Å². The molecule has 0 spiro atoms. The molecule has 1 saturated heterocycles. The average molecular weight is 355 g/mol. The van der Waals surface area contributed by atoms with Crippen LogP contribution in [0.15, 0.2) is 42.5 Å². The van der Waals surface area contributed by atoms with Gasteiger partial charge in [0.1, 0.15) is 0 Å². The Morgan fingerprint density at radius 3 is 2.64 bits per heavy atom. The minimum absolute atomic E-state index is 0.185. The summed E-state index contributed by atoms with van der Waals surface area (Å²) < 4.78 is 0. The lowest BCUT2D eigenvalue weighted by Gasteiger charge is -2.41. The van der Waals surface area contributed by atoms with Crippen LogP contribution in [0.4, 0.5) is 0 Å². The molecule has 2 heterocycles. The number of rotatable bonds is 5. The topological polar surface area (TPSA) is 32.3 Å². The quantitative estimate of drug-likeness (QED) is 0.869. The molecule has 132 valence electrons. The van der Waals surface area contributed by atoms with E-state index in [2.05, 4.69) is 59.6 Å². The van der Waals surface area contributed by atoms with Crippen molar-refractivity contribution in [2.45, 2.75) is 51.2 Å². The Morgan fingerprint density at radius 1 is 1.16 bits per heavy atom. The van der Waals surface area contributed by atoms with Crippen LogP contribution in [0.3, 0.4) is 0 Å². The van der Waals surface area contributed by atoms with Crippen LogP contribution in [-0.4, -0.2) is 23.4 Å². The highest BCUT2D eigenvalue weighted by Crippen LogP contribution is 2.40. The molecule has 1 aliphatic carbocycles. The summed E-state index contributed by atoms with van der Waals surface area (Å²) in [5.41, 5.74) is 1.30. The Labute approximate surface area is 154 Å². The number of carbonyl (C=O) groups excluding carboxylic acids is 1. The Balaban J connectivity index is 1.55. The van der Waals surface area contributed by atoms with Crippen molar-refractivity contribution in [3.05, 3.63) is 57.8 Å². The van der Waals surface area contributed by atoms with Gasteiger partial charge < -0.3 is 10.2 Å². The number of carbonyl (C=O) groups is 1. The normalized spacial score (nSPS) is 23.6. The number of aryl methyl sites for hydroxylation is 1. The summed E-state index contributed by atoms with van der Waals surface area (Å²) in [6, 6.07) is 15.5. The summed E-state index contributed by atoms with van der Waals surface area (Å²) in [6.45, 7) is 3.91. The van der Waals surface area contributed by atoms with Crippen LogP contribution in [0.25, 0.3) is 0 Å². The molecular weight excluding hydrogens is 328 g/mol. The van der Waals surface area contributed by atoms with Gasteiger partial charge >= 0.3 is 0 Å². The molecule has 2 atom stereocenters. The van der Waals surface area contributed by atoms with Gasteiger partial charge in [0.2, 0.25) is 5.91 Å². The Bertz CT molecular complexity index is 723. The van der Waals surface area contributed by atoms with E-state index in [9.17, 15) is 4.79 Å². The predicted octanol–water partition coefficient (Wildman–Crippen LogP) is 4.29. The molecule has 0 bridgehead atoms. The van der Waals surface area contributed by atoms with Crippen LogP contribution in [0.1, 0.15) is 47.0 Å². The first-order valence-electron chi connectivity index (χ1n) is 9.36. The number of thiophene rings is 1. The fourth-order valence-corrected chi connectivity index (χ4v) is 4.89. The fourth-order valence-electron chi connectivity index (χ4n) is 3.83. The second-order valence-corrected chi connectivity index (χ2v) is 8.63. The van der Waals surface area contributed by atoms with Gasteiger partial charge in [-0.2, -0.15) is 0 Å². The van der Waals surface area contributed by atoms with Gasteiger partial charge in [-0.25, -0.2) is 0 Å². The van der Waals surface area contributed by atoms with Crippen LogP contribution in [0.5, 0.6) is 0 Å². The van der Waals surface area contributed by atoms with Gasteiger partial charge in [0, 0.05) is 34.8 Å². The maximum Gasteiger partial charge on any atom is 0.226 e. The molecule has 2 fully saturated rings. The molecule has 1 aliphatic heterocycles. The third-order valence-corrected chi connectivity index (χ3v) is 6.38. The molecule has 0 radical (unpaired) electrons. The zero-order chi connectivity index (χ0) is 17.2. The molecule has 3 nitrogen and oxygen atoms in total. The monoisotopic (exact) mass is 354 g/mol. The van der Waals surface area contributed by atoms with Crippen molar-refractivity contribution in [2.24, 2.45) is 5.92 Å². The summed E-state index contributed by atoms with van der Waals surface area (Å²) in [7, 11) is 0. The van der Waals surface area contributed by atoms with E-state index in [-0.39, 0.29) is 12.0 Å². The van der Waals surface area contributed by atoms with Gasteiger partial charge in [-0.1, -0.05) is 30.3 Å². The van der Waals surface area contributed by atoms with Gasteiger partial charge in [0.25, 0.3) is 0 Å². The molecule has 1 N–H and O–H groups in total. The van der Waals surface area contributed by atoms with Crippen molar-refractivity contribution in [1.82, 2.24) is 10.2 Å². The van der Waals surface area contributed by atoms with Gasteiger partial charge in [-0.3, -0.25) is 4.79 Å². The van der Waals surface area contributed by atoms with Crippen LogP contribution < -0.4 is 5.32 Å². The summed E-state index contributed by atoms with van der Waals surface area (Å²) in [5.74, 6) is 0.665. The first-order valence-corrected chi connectivity index (χ1v) is 10.2. The zero-order valence-corrected chi connectivity index (χ0v) is 15.6. The van der Waals surface area contributed by atoms with E-state index in [0.29, 0.717) is 11.9 Å². The Morgan fingerprint density at radius 2 is 1.96 bits per heavy atom. The number of likely N-dealkylation sites (tertiary alicyclic amines) is 1. The lowest BCUT2D eigenvalue weighted by Crippen LogP contribution is -2.50. The first kappa shape index (κ1) is 16.8. The molecule has 4 rings (SSSR count). The summed E-state index contributed by atoms with van der Waals surface area (Å²) in [4.78, 5) is 17.7. The second kappa shape index (κ2) is 7.30. The maximum absolute atomic E-state index is 12.9. The Hall–Kier alpha value is -1.65. The molecule has 1 saturated carbocycles. The molecule has 25 heavy (non-hydrogen) atoms. The number of hydrogen-bond donors (Lipinski definition) is 1. The molecule has 4 heteroatoms. The molecule has 1 amide bonds. The lowest BCUT2D eigenvalue weighted by molar-refractivity contribution is -0.137. The van der Waals surface area contributed by atoms with Crippen molar-refractivity contribution in [1.29, 1.82) is 0 Å². The molecule has 2 aliphatic rings. The number of amides is 1. The van der Waals surface area contributed by atoms with Gasteiger partial charge in [0.15, 0.2) is 0 Å². The lowest BCUT2D eigenvalue weighted by atomic mass is 9.93. The molecular formula is C21H26N2OS. The van der Waals surface area contributed by atoms with E-state index in [1.54, 1.807) is 0 Å². The number of nitrogens with zero attached hydrogens (tertiary/aromatic N) is 1. The standard InChI is InChI=1S/C21H26N2OS/c1-15-9-12-19(25-15)20-18(22-14-16-6-3-2-4-7-16)8-5-13-23(20)21(24)17-10-11-17/h2-4,6-7,9,12,17-18,20,22H,5,8,10-11,13-14H2,1H3/t18-,20-/m1/s1. The minimum atomic E-state index is 0.185. The van der Waals surface area contributed by atoms with Crippen LogP contribution >= 0.6 is 11.3 Å². The third kappa shape index (κ3) is 3.80. The molecule has 1 aromatic heterocycles. The Kier molecular flexibility index (Phi) is 4.91. The smallest absolute Gasteiger partial charge is 0.226 e. The minimum Gasteiger partial charge on any atom is -0.333 e. The van der Waals surface area contributed by atoms with Gasteiger partial charge in [-0.15, -0.1) is 11.3 Å². The van der Waals surface area contributed by atoms with Gasteiger partial charge in [-0.05, 0) is 50.3 Å². The van der Waals surface area contributed by atoms with Crippen molar-refractivity contribution < 1.29 is 4.79 Å². The number of hydrogen-bond acceptors (Lipinski definition) is 3. The van der Waals surface area contributed by atoms with Crippen LogP contribution in [0, 0.1) is 12.8 Å². The zero-order valence-electron chi connectivity index (χ0n) is 14.8. The van der Waals surface area contributed by atoms with E-state index >= 15 is 0 Å². The van der Waals surface area contributed by atoms with Crippen molar-refractivity contribution >= 4 is 17.2 Å². The average Bonchev–Trinajstić information content (AvgIpc) is 3.41. The predicted molar refractivity (Wildman–Crippen MR) is 103 cm³/mol. The third-order valence-electron chi connectivity index (χ3n) is 5.30. The van der Waals surface area contributed by atoms with Gasteiger partial charge in [0.05, 0.1) is 6.04 Å². The largest absolute Gasteiger partial charge is 0.333 e. The van der Waals surface area contributed by atoms with E-state index in [1.807, 2.05) is 11.3 Å². The number of benzene rings is 1. The van der Waals surface area contributed by atoms with E-state index < -0.39 is 0 Å². The van der Waals surface area contributed by atoms with Crippen molar-refractivity contribution in [3.8, 4) is 0 Å². The molecule has 1 aromatic carbocycles. The van der Waals surface area contributed by atoms with Crippen LogP contribution in [0.2, 0.25) is 0 Å². The van der Waals surface area contributed by atoms with E-state index in [4.69, 9.17) is 0 Å². The first-order chi connectivity index (χ1) is 12.2. The molecule has 0 unspecified atom stereocenters. The highest BCUT2D eigenvalue weighted by Gasteiger charge is 2.41. The van der Waals surface area contributed by atoms with Crippen LogP contribution in [-0.2, 0) is 11.3 Å². The van der Waals surface area contributed by atoms with E-state index in [0.717, 1.165) is 38.8 Å². The number of nitrogens with one attached hydrogen (secondary N) is 1. The van der Waals surface area contributed by atoms with E-state index in [1.165, 1.54) is 15.3 Å². The summed E-state index contributed by atoms with van der Waals surface area (Å²) >= 11 is 1.84. The SMILES string of the molecule is Cc1ccc([C@H]2[C@H](NCc3ccccc3)CCCN2C(=O)C2CC2)s1. The molecule has 2 aromatic rings. The fraction of sp³-hybridized carbons (Fsp3) is 0.476. The van der Waals surface area contributed by atoms with Crippen molar-refractivity contribution in [3.63, 3.8) is 0 Å². The highest BCUT2D eigenvalue weighted by molar-refractivity contribution is 7.12. The number of piperidine rings is 1. The summed E-state index contributed by atoms with van der Waals surface area (Å²) in [6.07, 6.45) is 4.37. The maximum atomic E-state index is 12.9. The summed E-state index contributed by atoms with van der Waals surface area (Å²) in [5, 5.41) is 3.75. The second-order valence-electron chi connectivity index (χ2n) is 7.31.